The molecule has 2 aromatic rings. The predicted molar refractivity (Wildman–Crippen MR) is 96.6 cm³/mol. The molecule has 1 amide bonds. The highest BCUT2D eigenvalue weighted by Crippen LogP contribution is 2.18. The maximum absolute atomic E-state index is 12.1. The number of esters is 1. The van der Waals surface area contributed by atoms with E-state index in [9.17, 15) is 9.59 Å². The lowest BCUT2D eigenvalue weighted by Crippen LogP contribution is -2.15. The number of hydrogen-bond acceptors (Lipinski definition) is 6. The Bertz CT molecular complexity index is 773. The average Bonchev–Trinajstić information content (AvgIpc) is 2.89. The van der Waals surface area contributed by atoms with Gasteiger partial charge in [0.25, 0.3) is 0 Å². The molecule has 0 unspecified atom stereocenters. The van der Waals surface area contributed by atoms with E-state index in [1.54, 1.807) is 18.5 Å². The summed E-state index contributed by atoms with van der Waals surface area (Å²) in [5.41, 5.74) is 3.08. The molecular formula is C17H22N4O3S. The molecule has 0 saturated carbocycles. The third-order valence-corrected chi connectivity index (χ3v) is 4.68. The van der Waals surface area contributed by atoms with Crippen molar-refractivity contribution in [3.8, 4) is 0 Å². The van der Waals surface area contributed by atoms with Crippen LogP contribution in [0.2, 0.25) is 0 Å². The Hall–Kier alpha value is -2.35. The lowest BCUT2D eigenvalue weighted by molar-refractivity contribution is -0.142. The number of rotatable bonds is 7. The fraction of sp³-hybridized carbons (Fsp3) is 0.412. The minimum Gasteiger partial charge on any atom is -0.466 e. The summed E-state index contributed by atoms with van der Waals surface area (Å²) >= 11 is 1.27. The van der Waals surface area contributed by atoms with Crippen molar-refractivity contribution in [2.45, 2.75) is 32.3 Å². The molecule has 1 N–H and O–H groups in total. The quantitative estimate of drug-likeness (QED) is 0.601. The zero-order chi connectivity index (χ0) is 18.4. The van der Waals surface area contributed by atoms with Gasteiger partial charge in [-0.1, -0.05) is 17.8 Å². The number of amides is 1. The molecule has 2 rings (SSSR count). The minimum atomic E-state index is -0.345. The molecular weight excluding hydrogens is 340 g/mol. The summed E-state index contributed by atoms with van der Waals surface area (Å²) in [6.45, 7) is 6.12. The zero-order valence-electron chi connectivity index (χ0n) is 14.8. The first-order valence-corrected chi connectivity index (χ1v) is 8.93. The van der Waals surface area contributed by atoms with E-state index in [1.165, 1.54) is 17.3 Å². The highest BCUT2D eigenvalue weighted by atomic mass is 32.2. The van der Waals surface area contributed by atoms with Gasteiger partial charge in [-0.05, 0) is 44.0 Å². The van der Waals surface area contributed by atoms with Gasteiger partial charge in [0.05, 0.1) is 12.4 Å². The van der Waals surface area contributed by atoms with Crippen molar-refractivity contribution in [2.75, 3.05) is 17.7 Å². The van der Waals surface area contributed by atoms with Gasteiger partial charge in [-0.3, -0.25) is 9.59 Å². The number of thioether (sulfide) groups is 1. The molecule has 25 heavy (non-hydrogen) atoms. The van der Waals surface area contributed by atoms with Crippen LogP contribution >= 0.6 is 11.8 Å². The van der Waals surface area contributed by atoms with Crippen LogP contribution in [0.15, 0.2) is 23.4 Å². The van der Waals surface area contributed by atoms with Crippen molar-refractivity contribution in [3.63, 3.8) is 0 Å². The van der Waals surface area contributed by atoms with E-state index in [0.717, 1.165) is 11.3 Å². The Labute approximate surface area is 151 Å². The summed E-state index contributed by atoms with van der Waals surface area (Å²) in [5.74, 6) is 0.249. The number of anilines is 1. The number of carbonyl (C=O) groups excluding carboxylic acids is 2. The average molecular weight is 362 g/mol. The molecule has 0 aliphatic heterocycles. The largest absolute Gasteiger partial charge is 0.466 e. The van der Waals surface area contributed by atoms with E-state index in [-0.39, 0.29) is 24.1 Å². The van der Waals surface area contributed by atoms with Gasteiger partial charge in [0.1, 0.15) is 12.2 Å². The molecule has 8 heteroatoms. The van der Waals surface area contributed by atoms with E-state index in [4.69, 9.17) is 4.74 Å². The molecule has 0 radical (unpaired) electrons. The Morgan fingerprint density at radius 1 is 1.24 bits per heavy atom. The Balaban J connectivity index is 1.90. The lowest BCUT2D eigenvalue weighted by Gasteiger charge is -2.07. The van der Waals surface area contributed by atoms with Crippen molar-refractivity contribution < 1.29 is 14.3 Å². The van der Waals surface area contributed by atoms with E-state index in [0.29, 0.717) is 17.6 Å². The topological polar surface area (TPSA) is 86.1 Å². The van der Waals surface area contributed by atoms with Crippen molar-refractivity contribution in [3.05, 3.63) is 35.2 Å². The third-order valence-electron chi connectivity index (χ3n) is 3.66. The van der Waals surface area contributed by atoms with E-state index in [2.05, 4.69) is 15.5 Å². The summed E-state index contributed by atoms with van der Waals surface area (Å²) in [6, 6.07) is 5.80. The smallest absolute Gasteiger partial charge is 0.313 e. The van der Waals surface area contributed by atoms with Gasteiger partial charge in [-0.25, -0.2) is 0 Å². The van der Waals surface area contributed by atoms with Crippen LogP contribution in [-0.2, 0) is 27.8 Å². The molecule has 0 atom stereocenters. The van der Waals surface area contributed by atoms with E-state index in [1.807, 2.05) is 32.0 Å². The first kappa shape index (κ1) is 19.0. The Morgan fingerprint density at radius 2 is 2.00 bits per heavy atom. The molecule has 0 spiro atoms. The molecule has 0 fully saturated rings. The number of benzene rings is 1. The first-order valence-electron chi connectivity index (χ1n) is 7.94. The number of nitrogens with zero attached hydrogens (tertiary/aromatic N) is 3. The van der Waals surface area contributed by atoms with Crippen molar-refractivity contribution in [2.24, 2.45) is 7.05 Å². The molecule has 0 aliphatic carbocycles. The van der Waals surface area contributed by atoms with Crippen LogP contribution in [0.3, 0.4) is 0 Å². The van der Waals surface area contributed by atoms with Crippen molar-refractivity contribution in [1.29, 1.82) is 0 Å². The van der Waals surface area contributed by atoms with E-state index < -0.39 is 0 Å². The summed E-state index contributed by atoms with van der Waals surface area (Å²) in [4.78, 5) is 23.6. The monoisotopic (exact) mass is 362 g/mol. The maximum atomic E-state index is 12.1. The number of ether oxygens (including phenoxy) is 1. The normalized spacial score (nSPS) is 10.6. The van der Waals surface area contributed by atoms with Gasteiger partial charge in [-0.2, -0.15) is 0 Å². The van der Waals surface area contributed by atoms with Crippen LogP contribution in [0.5, 0.6) is 0 Å². The van der Waals surface area contributed by atoms with Crippen LogP contribution in [0.1, 0.15) is 23.9 Å². The second-order valence-corrected chi connectivity index (χ2v) is 6.52. The van der Waals surface area contributed by atoms with Gasteiger partial charge in [0, 0.05) is 12.7 Å². The van der Waals surface area contributed by atoms with Gasteiger partial charge >= 0.3 is 5.97 Å². The molecule has 7 nitrogen and oxygen atoms in total. The van der Waals surface area contributed by atoms with Gasteiger partial charge < -0.3 is 14.6 Å². The predicted octanol–water partition coefficient (Wildman–Crippen LogP) is 2.27. The fourth-order valence-electron chi connectivity index (χ4n) is 2.11. The molecule has 0 bridgehead atoms. The number of hydrogen-bond donors (Lipinski definition) is 1. The molecule has 1 aromatic carbocycles. The number of aromatic nitrogens is 3. The minimum absolute atomic E-state index is 0.0622. The fourth-order valence-corrected chi connectivity index (χ4v) is 2.84. The van der Waals surface area contributed by atoms with Crippen LogP contribution < -0.4 is 5.32 Å². The highest BCUT2D eigenvalue weighted by Gasteiger charge is 2.15. The molecule has 134 valence electrons. The second-order valence-electron chi connectivity index (χ2n) is 5.58. The number of carbonyl (C=O) groups is 2. The summed E-state index contributed by atoms with van der Waals surface area (Å²) in [7, 11) is 1.76. The van der Waals surface area contributed by atoms with Crippen LogP contribution in [0.25, 0.3) is 0 Å². The SMILES string of the molecule is CCOC(=O)Cc1nnc(SCC(=O)Nc2ccc(C)c(C)c2)n1C. The van der Waals surface area contributed by atoms with Crippen LogP contribution in [-0.4, -0.2) is 39.0 Å². The Morgan fingerprint density at radius 3 is 2.68 bits per heavy atom. The summed E-state index contributed by atoms with van der Waals surface area (Å²) < 4.78 is 6.60. The van der Waals surface area contributed by atoms with Crippen molar-refractivity contribution in [1.82, 2.24) is 14.8 Å². The molecule has 1 aromatic heterocycles. The lowest BCUT2D eigenvalue weighted by atomic mass is 10.1. The molecule has 0 saturated heterocycles. The van der Waals surface area contributed by atoms with Crippen LogP contribution in [0.4, 0.5) is 5.69 Å². The third kappa shape index (κ3) is 5.32. The second kappa shape index (κ2) is 8.66. The van der Waals surface area contributed by atoms with Gasteiger partial charge in [0.15, 0.2) is 5.16 Å². The molecule has 0 aliphatic rings. The van der Waals surface area contributed by atoms with Crippen LogP contribution in [0, 0.1) is 13.8 Å². The Kier molecular flexibility index (Phi) is 6.58. The zero-order valence-corrected chi connectivity index (χ0v) is 15.6. The van der Waals surface area contributed by atoms with Gasteiger partial charge in [-0.15, -0.1) is 10.2 Å². The van der Waals surface area contributed by atoms with Gasteiger partial charge in [0.2, 0.25) is 5.91 Å². The molecule has 1 heterocycles. The number of nitrogens with one attached hydrogen (secondary N) is 1. The first-order chi connectivity index (χ1) is 11.9. The summed E-state index contributed by atoms with van der Waals surface area (Å²) in [5, 5.41) is 11.4. The van der Waals surface area contributed by atoms with E-state index >= 15 is 0 Å². The number of aryl methyl sites for hydroxylation is 2. The highest BCUT2D eigenvalue weighted by molar-refractivity contribution is 7.99. The summed E-state index contributed by atoms with van der Waals surface area (Å²) in [6.07, 6.45) is 0.0622. The maximum Gasteiger partial charge on any atom is 0.313 e. The van der Waals surface area contributed by atoms with Crippen molar-refractivity contribution >= 4 is 29.3 Å². The standard InChI is InChI=1S/C17H22N4O3S/c1-5-24-16(23)9-14-19-20-17(21(14)4)25-10-15(22)18-13-7-6-11(2)12(3)8-13/h6-8H,5,9-10H2,1-4H3,(H,18,22).